The molecule has 0 aliphatic carbocycles. The molecule has 1 aromatic heterocycles. The summed E-state index contributed by atoms with van der Waals surface area (Å²) in [6.45, 7) is 4.64. The van der Waals surface area contributed by atoms with Crippen LogP contribution >= 0.6 is 0 Å². The molecule has 5 nitrogen and oxygen atoms in total. The summed E-state index contributed by atoms with van der Waals surface area (Å²) in [5.74, 6) is 1.66. The lowest BCUT2D eigenvalue weighted by Crippen LogP contribution is -2.25. The molecule has 5 heteroatoms. The van der Waals surface area contributed by atoms with E-state index in [1.54, 1.807) is 0 Å². The highest BCUT2D eigenvalue weighted by molar-refractivity contribution is 5.94. The van der Waals surface area contributed by atoms with E-state index in [9.17, 15) is 4.79 Å². The Kier molecular flexibility index (Phi) is 4.67. The van der Waals surface area contributed by atoms with Crippen molar-refractivity contribution in [1.82, 2.24) is 9.78 Å². The van der Waals surface area contributed by atoms with Gasteiger partial charge in [0.25, 0.3) is 0 Å². The number of carbonyl (C=O) groups is 1. The van der Waals surface area contributed by atoms with Gasteiger partial charge in [0.05, 0.1) is 18.8 Å². The Hall–Kier alpha value is -3.08. The molecule has 2 heterocycles. The summed E-state index contributed by atoms with van der Waals surface area (Å²) in [7, 11) is 0. The van der Waals surface area contributed by atoms with Crippen LogP contribution in [0.5, 0.6) is 5.75 Å². The molecular formula is C22H23N3O2. The van der Waals surface area contributed by atoms with E-state index < -0.39 is 0 Å². The summed E-state index contributed by atoms with van der Waals surface area (Å²) in [4.78, 5) is 12.3. The van der Waals surface area contributed by atoms with Gasteiger partial charge in [-0.15, -0.1) is 0 Å². The summed E-state index contributed by atoms with van der Waals surface area (Å²) < 4.78 is 7.59. The Morgan fingerprint density at radius 3 is 2.59 bits per heavy atom. The molecule has 1 N–H and O–H groups in total. The molecule has 1 aliphatic heterocycles. The Balaban J connectivity index is 1.62. The van der Waals surface area contributed by atoms with Gasteiger partial charge in [-0.3, -0.25) is 4.79 Å². The largest absolute Gasteiger partial charge is 0.491 e. The molecule has 0 saturated carbocycles. The Morgan fingerprint density at radius 2 is 1.89 bits per heavy atom. The monoisotopic (exact) mass is 361 g/mol. The van der Waals surface area contributed by atoms with Crippen molar-refractivity contribution in [1.29, 1.82) is 0 Å². The molecule has 1 atom stereocenters. The summed E-state index contributed by atoms with van der Waals surface area (Å²) in [6, 6.07) is 18.1. The highest BCUT2D eigenvalue weighted by Crippen LogP contribution is 2.37. The fourth-order valence-electron chi connectivity index (χ4n) is 3.49. The summed E-state index contributed by atoms with van der Waals surface area (Å²) >= 11 is 0. The van der Waals surface area contributed by atoms with E-state index in [2.05, 4.69) is 22.5 Å². The van der Waals surface area contributed by atoms with E-state index in [0.29, 0.717) is 13.0 Å². The molecule has 2 aromatic carbocycles. The third kappa shape index (κ3) is 3.72. The van der Waals surface area contributed by atoms with E-state index in [0.717, 1.165) is 28.3 Å². The molecule has 138 valence electrons. The molecule has 1 aliphatic rings. The van der Waals surface area contributed by atoms with Crippen molar-refractivity contribution in [2.75, 3.05) is 5.32 Å². The number of carbonyl (C=O) groups excluding carboxylic acids is 1. The number of benzene rings is 2. The lowest BCUT2D eigenvalue weighted by Gasteiger charge is -2.24. The Labute approximate surface area is 159 Å². The summed E-state index contributed by atoms with van der Waals surface area (Å²) in [5, 5.41) is 7.54. The number of ether oxygens (including phenoxy) is 1. The minimum atomic E-state index is 0.00590. The van der Waals surface area contributed by atoms with E-state index in [4.69, 9.17) is 4.74 Å². The van der Waals surface area contributed by atoms with Crippen LogP contribution in [0.1, 0.15) is 42.9 Å². The van der Waals surface area contributed by atoms with Gasteiger partial charge in [0.15, 0.2) is 0 Å². The van der Waals surface area contributed by atoms with E-state index in [-0.39, 0.29) is 17.9 Å². The quantitative estimate of drug-likeness (QED) is 0.741. The first-order valence-corrected chi connectivity index (χ1v) is 9.26. The molecular weight excluding hydrogens is 338 g/mol. The van der Waals surface area contributed by atoms with Crippen LogP contribution in [0.3, 0.4) is 0 Å². The first-order chi connectivity index (χ1) is 13.1. The Bertz CT molecular complexity index is 930. The van der Waals surface area contributed by atoms with Crippen molar-refractivity contribution in [3.63, 3.8) is 0 Å². The highest BCUT2D eigenvalue weighted by Gasteiger charge is 2.30. The van der Waals surface area contributed by atoms with Gasteiger partial charge in [0.2, 0.25) is 5.91 Å². The van der Waals surface area contributed by atoms with E-state index in [1.807, 2.05) is 67.2 Å². The first kappa shape index (κ1) is 17.3. The molecule has 0 spiro atoms. The van der Waals surface area contributed by atoms with Crippen molar-refractivity contribution in [3.05, 3.63) is 77.5 Å². The van der Waals surface area contributed by atoms with Gasteiger partial charge in [-0.1, -0.05) is 42.5 Å². The minimum Gasteiger partial charge on any atom is -0.491 e. The van der Waals surface area contributed by atoms with Gasteiger partial charge in [0, 0.05) is 17.9 Å². The third-order valence-electron chi connectivity index (χ3n) is 4.72. The van der Waals surface area contributed by atoms with Crippen molar-refractivity contribution in [3.8, 4) is 5.75 Å². The predicted molar refractivity (Wildman–Crippen MR) is 105 cm³/mol. The number of hydrogen-bond donors (Lipinski definition) is 1. The van der Waals surface area contributed by atoms with Crippen LogP contribution in [0.25, 0.3) is 0 Å². The Morgan fingerprint density at radius 1 is 1.15 bits per heavy atom. The maximum Gasteiger partial charge on any atom is 0.226 e. The minimum absolute atomic E-state index is 0.00590. The number of rotatable bonds is 5. The standard InChI is InChI=1S/C22H23N3O2/c1-15(2)27-18-10-8-17(9-11-18)19-12-21(26)24-22-20(19)13-23-25(22)14-16-6-4-3-5-7-16/h3-11,13,15,19H,12,14H2,1-2H3,(H,24,26)/t19-/m0/s1. The molecule has 1 amide bonds. The van der Waals surface area contributed by atoms with Crippen LogP contribution in [0.4, 0.5) is 5.82 Å². The summed E-state index contributed by atoms with van der Waals surface area (Å²) in [5.41, 5.74) is 3.31. The second kappa shape index (κ2) is 7.27. The number of hydrogen-bond acceptors (Lipinski definition) is 3. The van der Waals surface area contributed by atoms with Gasteiger partial charge in [-0.05, 0) is 37.1 Å². The SMILES string of the molecule is CC(C)Oc1ccc([C@@H]2CC(=O)Nc3c2cnn3Cc2ccccc2)cc1. The molecule has 4 rings (SSSR count). The molecule has 0 radical (unpaired) electrons. The van der Waals surface area contributed by atoms with Crippen molar-refractivity contribution >= 4 is 11.7 Å². The fourth-order valence-corrected chi connectivity index (χ4v) is 3.49. The lowest BCUT2D eigenvalue weighted by molar-refractivity contribution is -0.116. The second-order valence-electron chi connectivity index (χ2n) is 7.13. The first-order valence-electron chi connectivity index (χ1n) is 9.26. The van der Waals surface area contributed by atoms with Gasteiger partial charge in [-0.25, -0.2) is 4.68 Å². The lowest BCUT2D eigenvalue weighted by atomic mass is 9.87. The van der Waals surface area contributed by atoms with Crippen LogP contribution in [0.2, 0.25) is 0 Å². The zero-order chi connectivity index (χ0) is 18.8. The third-order valence-corrected chi connectivity index (χ3v) is 4.72. The zero-order valence-electron chi connectivity index (χ0n) is 15.6. The predicted octanol–water partition coefficient (Wildman–Crippen LogP) is 4.19. The zero-order valence-corrected chi connectivity index (χ0v) is 15.6. The fraction of sp³-hybridized carbons (Fsp3) is 0.273. The van der Waals surface area contributed by atoms with Crippen LogP contribution in [-0.4, -0.2) is 21.8 Å². The maximum atomic E-state index is 12.3. The smallest absolute Gasteiger partial charge is 0.226 e. The molecule has 0 bridgehead atoms. The van der Waals surface area contributed by atoms with Crippen LogP contribution in [0, 0.1) is 0 Å². The average Bonchev–Trinajstić information content (AvgIpc) is 3.05. The molecule has 0 saturated heterocycles. The number of aromatic nitrogens is 2. The van der Waals surface area contributed by atoms with Gasteiger partial charge in [0.1, 0.15) is 11.6 Å². The molecule has 0 unspecified atom stereocenters. The second-order valence-corrected chi connectivity index (χ2v) is 7.13. The highest BCUT2D eigenvalue weighted by atomic mass is 16.5. The van der Waals surface area contributed by atoms with Gasteiger partial charge < -0.3 is 10.1 Å². The van der Waals surface area contributed by atoms with E-state index >= 15 is 0 Å². The normalized spacial score (nSPS) is 16.1. The number of anilines is 1. The number of nitrogens with one attached hydrogen (secondary N) is 1. The summed E-state index contributed by atoms with van der Waals surface area (Å²) in [6.07, 6.45) is 2.44. The molecule has 0 fully saturated rings. The maximum absolute atomic E-state index is 12.3. The van der Waals surface area contributed by atoms with E-state index in [1.165, 1.54) is 0 Å². The van der Waals surface area contributed by atoms with Crippen molar-refractivity contribution < 1.29 is 9.53 Å². The van der Waals surface area contributed by atoms with Crippen LogP contribution in [0.15, 0.2) is 60.8 Å². The van der Waals surface area contributed by atoms with Crippen molar-refractivity contribution in [2.45, 2.75) is 38.8 Å². The van der Waals surface area contributed by atoms with Gasteiger partial charge >= 0.3 is 0 Å². The van der Waals surface area contributed by atoms with Crippen LogP contribution in [-0.2, 0) is 11.3 Å². The number of nitrogens with zero attached hydrogens (tertiary/aromatic N) is 2. The van der Waals surface area contributed by atoms with Gasteiger partial charge in [-0.2, -0.15) is 5.10 Å². The number of amides is 1. The average molecular weight is 361 g/mol. The molecule has 27 heavy (non-hydrogen) atoms. The molecule has 3 aromatic rings. The number of fused-ring (bicyclic) bond motifs is 1. The van der Waals surface area contributed by atoms with Crippen LogP contribution < -0.4 is 10.1 Å². The topological polar surface area (TPSA) is 56.1 Å². The van der Waals surface area contributed by atoms with Crippen molar-refractivity contribution in [2.24, 2.45) is 0 Å².